The third-order valence-electron chi connectivity index (χ3n) is 12.8. The Morgan fingerprint density at radius 3 is 2.05 bits per heavy atom. The van der Waals surface area contributed by atoms with Crippen LogP contribution in [-0.2, 0) is 22.4 Å². The zero-order valence-corrected chi connectivity index (χ0v) is 36.4. The molecule has 1 fully saturated rings. The molecule has 1 N–H and O–H groups in total. The van der Waals surface area contributed by atoms with E-state index in [1.807, 2.05) is 114 Å². The lowest BCUT2D eigenvalue weighted by molar-refractivity contribution is -0.274. The van der Waals surface area contributed by atoms with Crippen LogP contribution in [0.2, 0.25) is 18.1 Å². The molecule has 3 aliphatic carbocycles. The van der Waals surface area contributed by atoms with Crippen molar-refractivity contribution >= 4 is 25.6 Å². The zero-order chi connectivity index (χ0) is 44.4. The lowest BCUT2D eigenvalue weighted by Crippen LogP contribution is -2.68. The maximum atomic E-state index is 16.2. The van der Waals surface area contributed by atoms with E-state index in [1.54, 1.807) is 6.20 Å². The molecule has 0 amide bonds. The van der Waals surface area contributed by atoms with E-state index < -0.39 is 72.2 Å². The van der Waals surface area contributed by atoms with Crippen molar-refractivity contribution in [1.29, 1.82) is 0 Å². The summed E-state index contributed by atoms with van der Waals surface area (Å²) in [4.78, 5) is 38.3. The fourth-order valence-corrected chi connectivity index (χ4v) is 10.4. The molecule has 2 aromatic heterocycles. The van der Waals surface area contributed by atoms with Crippen molar-refractivity contribution < 1.29 is 51.0 Å². The van der Waals surface area contributed by atoms with Crippen LogP contribution in [0.1, 0.15) is 83.1 Å². The van der Waals surface area contributed by atoms with E-state index in [0.29, 0.717) is 11.1 Å². The predicted molar refractivity (Wildman–Crippen MR) is 225 cm³/mol. The van der Waals surface area contributed by atoms with Gasteiger partial charge in [0.25, 0.3) is 5.88 Å². The van der Waals surface area contributed by atoms with Crippen LogP contribution in [0.3, 0.4) is 0 Å². The zero-order valence-electron chi connectivity index (χ0n) is 35.4. The minimum atomic E-state index is -4.92. The normalized spacial score (nSPS) is 22.4. The highest BCUT2D eigenvalue weighted by molar-refractivity contribution is 6.74. The number of aliphatic hydroxyl groups excluding tert-OH is 1. The fraction of sp³-hybridized carbons (Fsp3) is 0.362. The number of fused-ring (bicyclic) bond motifs is 4. The number of ketones is 2. The monoisotopic (exact) mass is 867 g/mol. The number of hydrogen-bond acceptors (Lipinski definition) is 11. The summed E-state index contributed by atoms with van der Waals surface area (Å²) in [7, 11) is 0.567. The Bertz CT molecular complexity index is 2520. The molecule has 8 rings (SSSR count). The Morgan fingerprint density at radius 2 is 1.47 bits per heavy atom. The number of benzene rings is 3. The van der Waals surface area contributed by atoms with Crippen LogP contribution in [-0.4, -0.2) is 66.1 Å². The molecule has 324 valence electrons. The molecule has 5 aromatic rings. The van der Waals surface area contributed by atoms with E-state index in [1.165, 1.54) is 30.5 Å². The highest BCUT2D eigenvalue weighted by Crippen LogP contribution is 2.62. The van der Waals surface area contributed by atoms with Gasteiger partial charge in [0.2, 0.25) is 11.6 Å². The van der Waals surface area contributed by atoms with Gasteiger partial charge < -0.3 is 28.3 Å². The van der Waals surface area contributed by atoms with Crippen molar-refractivity contribution in [3.63, 3.8) is 0 Å². The first-order chi connectivity index (χ1) is 29.3. The topological polar surface area (TPSA) is 133 Å². The maximum absolute atomic E-state index is 16.2. The molecule has 3 aliphatic rings. The van der Waals surface area contributed by atoms with Crippen molar-refractivity contribution in [3.8, 4) is 17.4 Å². The number of carbonyl (C=O) groups is 2. The molecular formula is C47H48F3N3O8Si. The van der Waals surface area contributed by atoms with E-state index in [-0.39, 0.29) is 53.7 Å². The van der Waals surface area contributed by atoms with Gasteiger partial charge in [0.15, 0.2) is 19.7 Å². The number of hydrogen-bond donors (Lipinski definition) is 1. The average Bonchev–Trinajstić information content (AvgIpc) is 3.64. The van der Waals surface area contributed by atoms with Gasteiger partial charge in [-0.3, -0.25) is 19.5 Å². The third-order valence-corrected chi connectivity index (χ3v) is 17.2. The minimum absolute atomic E-state index is 0.00873. The molecule has 2 heterocycles. The van der Waals surface area contributed by atoms with E-state index in [2.05, 4.69) is 14.9 Å². The summed E-state index contributed by atoms with van der Waals surface area (Å²) >= 11 is 0. The lowest BCUT2D eigenvalue weighted by atomic mass is 9.54. The van der Waals surface area contributed by atoms with Crippen molar-refractivity contribution in [3.05, 3.63) is 142 Å². The van der Waals surface area contributed by atoms with Gasteiger partial charge in [-0.1, -0.05) is 93.6 Å². The molecule has 0 spiro atoms. The smallest absolute Gasteiger partial charge is 0.507 e. The molecule has 5 atom stereocenters. The minimum Gasteiger partial charge on any atom is -0.507 e. The number of halogens is 3. The van der Waals surface area contributed by atoms with Crippen LogP contribution in [0.5, 0.6) is 17.4 Å². The van der Waals surface area contributed by atoms with Crippen molar-refractivity contribution in [2.75, 3.05) is 14.1 Å². The second kappa shape index (κ2) is 15.8. The quantitative estimate of drug-likeness (QED) is 0.100. The van der Waals surface area contributed by atoms with Gasteiger partial charge in [-0.2, -0.15) is 0 Å². The van der Waals surface area contributed by atoms with Crippen molar-refractivity contribution in [1.82, 2.24) is 15.0 Å². The number of aliphatic hydroxyl groups is 1. The molecule has 0 saturated heterocycles. The number of carbonyl (C=O) groups excluding carboxylic acids is 2. The molecule has 0 bridgehead atoms. The number of ether oxygens (including phenoxy) is 3. The number of aromatic nitrogens is 2. The number of nitrogens with zero attached hydrogens (tertiary/aromatic N) is 3. The summed E-state index contributed by atoms with van der Waals surface area (Å²) in [5, 5.41) is 16.5. The molecule has 15 heteroatoms. The number of rotatable bonds is 11. The Balaban J connectivity index is 1.34. The molecule has 62 heavy (non-hydrogen) atoms. The first-order valence-electron chi connectivity index (χ1n) is 20.4. The van der Waals surface area contributed by atoms with E-state index in [0.717, 1.165) is 11.1 Å². The second-order valence-corrected chi connectivity index (χ2v) is 22.6. The molecule has 0 unspecified atom stereocenters. The molecule has 0 radical (unpaired) electrons. The highest BCUT2D eigenvalue weighted by atomic mass is 28.4. The van der Waals surface area contributed by atoms with Crippen LogP contribution < -0.4 is 14.2 Å². The Hall–Kier alpha value is -5.77. The molecule has 1 saturated carbocycles. The summed E-state index contributed by atoms with van der Waals surface area (Å²) in [5.74, 6) is -4.42. The second-order valence-electron chi connectivity index (χ2n) is 17.8. The first-order valence-corrected chi connectivity index (χ1v) is 23.3. The summed E-state index contributed by atoms with van der Waals surface area (Å²) in [6, 6.07) is 23.4. The fourth-order valence-electron chi connectivity index (χ4n) is 8.94. The van der Waals surface area contributed by atoms with E-state index in [4.69, 9.17) is 18.4 Å². The summed E-state index contributed by atoms with van der Waals surface area (Å²) in [6.45, 7) is 10.1. The Morgan fingerprint density at radius 1 is 0.855 bits per heavy atom. The first kappa shape index (κ1) is 42.9. The highest BCUT2D eigenvalue weighted by Gasteiger charge is 2.69. The molecule has 3 aromatic carbocycles. The summed E-state index contributed by atoms with van der Waals surface area (Å²) in [5.41, 5.74) is 0.581. The van der Waals surface area contributed by atoms with Gasteiger partial charge in [-0.25, -0.2) is 0 Å². The Kier molecular flexibility index (Phi) is 11.0. The van der Waals surface area contributed by atoms with Gasteiger partial charge in [0.05, 0.1) is 17.8 Å². The van der Waals surface area contributed by atoms with Gasteiger partial charge in [0.1, 0.15) is 36.0 Å². The predicted octanol–water partition coefficient (Wildman–Crippen LogP) is 10.0. The summed E-state index contributed by atoms with van der Waals surface area (Å²) in [6.07, 6.45) is -1.81. The summed E-state index contributed by atoms with van der Waals surface area (Å²) < 4.78 is 70.0. The largest absolute Gasteiger partial charge is 0.573 e. The van der Waals surface area contributed by atoms with Crippen LogP contribution in [0, 0.1) is 11.8 Å². The van der Waals surface area contributed by atoms with Gasteiger partial charge in [-0.15, -0.1) is 13.2 Å². The van der Waals surface area contributed by atoms with Crippen LogP contribution >= 0.6 is 0 Å². The number of alkyl halides is 3. The molecule has 0 aliphatic heterocycles. The van der Waals surface area contributed by atoms with Crippen molar-refractivity contribution in [2.24, 2.45) is 11.8 Å². The standard InChI is InChI=1S/C47H48F3N3O8Si/c1-45(2,3)62(6,7)61-46-33(39(53(4)5)41-38(43(46)56)44(52-60-41)58-26-28-16-12-9-13-17-28)22-31-35(29-18-20-30(21-19-29)59-47(48,49)50)32-23-51-24-34(36(32)40(54)37(31)42(46)55)57-25-27-14-10-8-11-15-27/h8-21,23-24,31,33,35,39,54H,22,25-26H2,1-7H3/t31-,33+,35-,39+,46+/m1/s1. The molecular weight excluding hydrogens is 820 g/mol. The van der Waals surface area contributed by atoms with Crippen molar-refractivity contribution in [2.45, 2.75) is 82.5 Å². The third kappa shape index (κ3) is 7.49. The van der Waals surface area contributed by atoms with Crippen LogP contribution in [0.4, 0.5) is 13.2 Å². The number of Topliss-reactive ketones (excluding diaryl/α,β-unsaturated/α-hetero) is 2. The lowest BCUT2D eigenvalue weighted by Gasteiger charge is -2.56. The number of pyridine rings is 1. The maximum Gasteiger partial charge on any atom is 0.573 e. The van der Waals surface area contributed by atoms with Gasteiger partial charge in [0, 0.05) is 29.5 Å². The average molecular weight is 868 g/mol. The SMILES string of the molecule is CN(C)[C@@H]1c2onc(OCc3ccccc3)c2C(=O)[C@@]2(O[Si](C)(C)C(C)(C)C)C(=O)C3=C(O)c4c(OCc5ccccc5)cncc4[C@H](c4ccc(OC(F)(F)F)cc4)[C@H]3C[C@@H]12. The van der Waals surface area contributed by atoms with Gasteiger partial charge in [-0.05, 0) is 78.2 Å². The van der Waals surface area contributed by atoms with Crippen LogP contribution in [0.25, 0.3) is 5.76 Å². The van der Waals surface area contributed by atoms with Gasteiger partial charge >= 0.3 is 6.36 Å². The van der Waals surface area contributed by atoms with E-state index >= 15 is 9.59 Å². The van der Waals surface area contributed by atoms with E-state index in [9.17, 15) is 18.3 Å². The Labute approximate surface area is 358 Å². The molecule has 11 nitrogen and oxygen atoms in total. The van der Waals surface area contributed by atoms with Crippen LogP contribution in [0.15, 0.2) is 107 Å².